The zero-order valence-electron chi connectivity index (χ0n) is 12.3. The third-order valence-electron chi connectivity index (χ3n) is 3.96. The van der Waals surface area contributed by atoms with Crippen LogP contribution in [0, 0.1) is 0 Å². The highest BCUT2D eigenvalue weighted by Gasteiger charge is 2.21. The Morgan fingerprint density at radius 3 is 2.95 bits per heavy atom. The number of aromatic nitrogens is 1. The fourth-order valence-corrected chi connectivity index (χ4v) is 2.88. The summed E-state index contributed by atoms with van der Waals surface area (Å²) >= 11 is 0. The van der Waals surface area contributed by atoms with Crippen LogP contribution in [0.4, 0.5) is 0 Å². The van der Waals surface area contributed by atoms with Gasteiger partial charge < -0.3 is 11.1 Å². The number of nitrogens with one attached hydrogen (secondary N) is 1. The van der Waals surface area contributed by atoms with Gasteiger partial charge in [-0.1, -0.05) is 24.3 Å². The number of rotatable bonds is 3. The number of carbonyl (C=O) groups excluding carboxylic acids is 1. The predicted molar refractivity (Wildman–Crippen MR) is 89.0 cm³/mol. The number of benzene rings is 1. The van der Waals surface area contributed by atoms with Crippen LogP contribution in [0.25, 0.3) is 0 Å². The molecule has 116 valence electrons. The number of nitrogens with two attached hydrogens (primary N) is 1. The molecular weight excluding hydrogens is 298 g/mol. The Hall–Kier alpha value is -1.91. The standard InChI is InChI=1S/C17H19N3O.ClH/c18-11-14-10-13(8-9-19-14)17(21)20-16-7-3-5-12-4-1-2-6-15(12)16;/h1-2,4,6,8-10,16H,3,5,7,11,18H2,(H,20,21);1H. The van der Waals surface area contributed by atoms with Crippen molar-refractivity contribution >= 4 is 18.3 Å². The van der Waals surface area contributed by atoms with Crippen molar-refractivity contribution in [3.63, 3.8) is 0 Å². The molecule has 1 atom stereocenters. The van der Waals surface area contributed by atoms with E-state index < -0.39 is 0 Å². The summed E-state index contributed by atoms with van der Waals surface area (Å²) < 4.78 is 0. The molecule has 22 heavy (non-hydrogen) atoms. The third-order valence-corrected chi connectivity index (χ3v) is 3.96. The van der Waals surface area contributed by atoms with Crippen molar-refractivity contribution in [2.75, 3.05) is 0 Å². The molecule has 0 radical (unpaired) electrons. The van der Waals surface area contributed by atoms with Gasteiger partial charge in [0.1, 0.15) is 0 Å². The van der Waals surface area contributed by atoms with Gasteiger partial charge in [0, 0.05) is 18.3 Å². The highest BCUT2D eigenvalue weighted by Crippen LogP contribution is 2.29. The quantitative estimate of drug-likeness (QED) is 0.914. The van der Waals surface area contributed by atoms with Crippen molar-refractivity contribution in [1.29, 1.82) is 0 Å². The van der Waals surface area contributed by atoms with Gasteiger partial charge >= 0.3 is 0 Å². The van der Waals surface area contributed by atoms with Gasteiger partial charge in [0.2, 0.25) is 0 Å². The van der Waals surface area contributed by atoms with Crippen LogP contribution >= 0.6 is 12.4 Å². The Morgan fingerprint density at radius 1 is 1.32 bits per heavy atom. The van der Waals surface area contributed by atoms with Crippen molar-refractivity contribution in [2.24, 2.45) is 5.73 Å². The van der Waals surface area contributed by atoms with Gasteiger partial charge in [-0.2, -0.15) is 0 Å². The minimum atomic E-state index is -0.0613. The number of hydrogen-bond acceptors (Lipinski definition) is 3. The molecular formula is C17H20ClN3O. The lowest BCUT2D eigenvalue weighted by atomic mass is 9.87. The molecule has 5 heteroatoms. The van der Waals surface area contributed by atoms with Crippen molar-refractivity contribution in [3.8, 4) is 0 Å². The summed E-state index contributed by atoms with van der Waals surface area (Å²) in [5.74, 6) is -0.0613. The Kier molecular flexibility index (Phi) is 5.52. The molecule has 1 heterocycles. The summed E-state index contributed by atoms with van der Waals surface area (Å²) in [4.78, 5) is 16.5. The van der Waals surface area contributed by atoms with Crippen LogP contribution in [0.1, 0.15) is 46.1 Å². The highest BCUT2D eigenvalue weighted by atomic mass is 35.5. The van der Waals surface area contributed by atoms with Crippen LogP contribution in [0.3, 0.4) is 0 Å². The minimum absolute atomic E-state index is 0. The van der Waals surface area contributed by atoms with Crippen LogP contribution in [0.5, 0.6) is 0 Å². The van der Waals surface area contributed by atoms with E-state index in [1.807, 2.05) is 6.07 Å². The van der Waals surface area contributed by atoms with E-state index in [2.05, 4.69) is 28.5 Å². The summed E-state index contributed by atoms with van der Waals surface area (Å²) in [6.45, 7) is 0.341. The molecule has 0 saturated heterocycles. The van der Waals surface area contributed by atoms with E-state index in [-0.39, 0.29) is 24.4 Å². The summed E-state index contributed by atoms with van der Waals surface area (Å²) in [6, 6.07) is 11.9. The van der Waals surface area contributed by atoms with Gasteiger partial charge in [-0.3, -0.25) is 9.78 Å². The average molecular weight is 318 g/mol. The number of amides is 1. The molecule has 0 fully saturated rings. The molecule has 3 rings (SSSR count). The van der Waals surface area contributed by atoms with Crippen molar-refractivity contribution in [3.05, 3.63) is 65.0 Å². The summed E-state index contributed by atoms with van der Waals surface area (Å²) in [5, 5.41) is 3.14. The Morgan fingerprint density at radius 2 is 2.14 bits per heavy atom. The lowest BCUT2D eigenvalue weighted by Crippen LogP contribution is -2.31. The third kappa shape index (κ3) is 3.46. The Labute approximate surface area is 136 Å². The van der Waals surface area contributed by atoms with Gasteiger partial charge in [-0.15, -0.1) is 12.4 Å². The monoisotopic (exact) mass is 317 g/mol. The molecule has 3 N–H and O–H groups in total. The van der Waals surface area contributed by atoms with Crippen molar-refractivity contribution in [2.45, 2.75) is 31.8 Å². The number of halogens is 1. The van der Waals surface area contributed by atoms with Crippen LogP contribution in [-0.2, 0) is 13.0 Å². The number of nitrogens with zero attached hydrogens (tertiary/aromatic N) is 1. The smallest absolute Gasteiger partial charge is 0.251 e. The van der Waals surface area contributed by atoms with Crippen molar-refractivity contribution < 1.29 is 4.79 Å². The molecule has 1 aliphatic carbocycles. The fourth-order valence-electron chi connectivity index (χ4n) is 2.88. The topological polar surface area (TPSA) is 68.0 Å². The maximum absolute atomic E-state index is 12.4. The molecule has 1 aliphatic rings. The zero-order chi connectivity index (χ0) is 14.7. The lowest BCUT2D eigenvalue weighted by molar-refractivity contribution is 0.0932. The van der Waals surface area contributed by atoms with Gasteiger partial charge in [-0.25, -0.2) is 0 Å². The number of aryl methyl sites for hydroxylation is 1. The van der Waals surface area contributed by atoms with Crippen LogP contribution < -0.4 is 11.1 Å². The first-order valence-corrected chi connectivity index (χ1v) is 7.31. The van der Waals surface area contributed by atoms with E-state index in [9.17, 15) is 4.79 Å². The Balaban J connectivity index is 0.00000176. The molecule has 0 saturated carbocycles. The van der Waals surface area contributed by atoms with Crippen LogP contribution in [0.15, 0.2) is 42.6 Å². The molecule has 0 spiro atoms. The molecule has 1 amide bonds. The first kappa shape index (κ1) is 16.5. The molecule has 1 aromatic heterocycles. The molecule has 1 unspecified atom stereocenters. The Bertz CT molecular complexity index is 660. The summed E-state index contributed by atoms with van der Waals surface area (Å²) in [7, 11) is 0. The van der Waals surface area contributed by atoms with E-state index in [1.54, 1.807) is 18.3 Å². The summed E-state index contributed by atoms with van der Waals surface area (Å²) in [6.07, 6.45) is 4.81. The predicted octanol–water partition coefficient (Wildman–Crippen LogP) is 2.77. The average Bonchev–Trinajstić information content (AvgIpc) is 2.55. The van der Waals surface area contributed by atoms with Crippen LogP contribution in [-0.4, -0.2) is 10.9 Å². The minimum Gasteiger partial charge on any atom is -0.345 e. The van der Waals surface area contributed by atoms with E-state index in [0.717, 1.165) is 25.0 Å². The van der Waals surface area contributed by atoms with Gasteiger partial charge in [0.15, 0.2) is 0 Å². The van der Waals surface area contributed by atoms with Crippen LogP contribution in [0.2, 0.25) is 0 Å². The second kappa shape index (κ2) is 7.38. The largest absolute Gasteiger partial charge is 0.345 e. The summed E-state index contributed by atoms with van der Waals surface area (Å²) in [5.41, 5.74) is 9.50. The molecule has 1 aromatic carbocycles. The van der Waals surface area contributed by atoms with Crippen molar-refractivity contribution in [1.82, 2.24) is 10.3 Å². The zero-order valence-corrected chi connectivity index (χ0v) is 13.1. The first-order valence-electron chi connectivity index (χ1n) is 7.31. The second-order valence-electron chi connectivity index (χ2n) is 5.36. The van der Waals surface area contributed by atoms with E-state index in [4.69, 9.17) is 5.73 Å². The van der Waals surface area contributed by atoms with E-state index in [1.165, 1.54) is 11.1 Å². The highest BCUT2D eigenvalue weighted by molar-refractivity contribution is 5.94. The number of hydrogen-bond donors (Lipinski definition) is 2. The van der Waals surface area contributed by atoms with Gasteiger partial charge in [-0.05, 0) is 42.5 Å². The van der Waals surface area contributed by atoms with E-state index in [0.29, 0.717) is 12.1 Å². The maximum atomic E-state index is 12.4. The lowest BCUT2D eigenvalue weighted by Gasteiger charge is -2.26. The van der Waals surface area contributed by atoms with Gasteiger partial charge in [0.25, 0.3) is 5.91 Å². The van der Waals surface area contributed by atoms with Gasteiger partial charge in [0.05, 0.1) is 11.7 Å². The maximum Gasteiger partial charge on any atom is 0.251 e. The number of pyridine rings is 1. The number of fused-ring (bicyclic) bond motifs is 1. The molecule has 2 aromatic rings. The number of carbonyl (C=O) groups is 1. The molecule has 0 aliphatic heterocycles. The normalized spacial score (nSPS) is 16.3. The fraction of sp³-hybridized carbons (Fsp3) is 0.294. The van der Waals surface area contributed by atoms with E-state index >= 15 is 0 Å². The molecule has 4 nitrogen and oxygen atoms in total. The SMILES string of the molecule is Cl.NCc1cc(C(=O)NC2CCCc3ccccc32)ccn1. The second-order valence-corrected chi connectivity index (χ2v) is 5.36. The molecule has 0 bridgehead atoms. The first-order chi connectivity index (χ1) is 10.3.